The summed E-state index contributed by atoms with van der Waals surface area (Å²) in [4.78, 5) is 15.5. The van der Waals surface area contributed by atoms with Gasteiger partial charge in [-0.2, -0.15) is 0 Å². The number of aliphatic hydroxyl groups excluding tert-OH is 1. The Balaban J connectivity index is 1.71. The Kier molecular flexibility index (Phi) is 4.14. The monoisotopic (exact) mass is 310 g/mol. The van der Waals surface area contributed by atoms with Crippen molar-refractivity contribution in [1.29, 1.82) is 0 Å². The van der Waals surface area contributed by atoms with Gasteiger partial charge in [-0.25, -0.2) is 8.78 Å². The number of benzene rings is 1. The highest BCUT2D eigenvalue weighted by Gasteiger charge is 2.39. The molecule has 0 spiro atoms. The molecule has 1 saturated carbocycles. The van der Waals surface area contributed by atoms with Gasteiger partial charge in [0.25, 0.3) is 0 Å². The molecule has 3 rings (SSSR count). The molecule has 22 heavy (non-hydrogen) atoms. The number of halogens is 2. The fourth-order valence-corrected chi connectivity index (χ4v) is 3.10. The first-order chi connectivity index (χ1) is 10.5. The highest BCUT2D eigenvalue weighted by Crippen LogP contribution is 2.34. The molecule has 1 aliphatic heterocycles. The molecule has 2 fully saturated rings. The number of likely N-dealkylation sites (N-methyl/N-ethyl adjacent to an activating group) is 1. The minimum Gasteiger partial charge on any atom is -0.392 e. The van der Waals surface area contributed by atoms with Crippen LogP contribution < -0.4 is 4.90 Å². The lowest BCUT2D eigenvalue weighted by molar-refractivity contribution is -0.121. The second-order valence-corrected chi connectivity index (χ2v) is 6.21. The number of anilines is 1. The number of amides is 1. The minimum absolute atomic E-state index is 0.272. The number of hydrogen-bond acceptors (Lipinski definition) is 3. The predicted molar refractivity (Wildman–Crippen MR) is 78.5 cm³/mol. The molecule has 2 atom stereocenters. The zero-order valence-corrected chi connectivity index (χ0v) is 12.5. The molecule has 6 heteroatoms. The molecule has 0 aromatic heterocycles. The molecule has 1 aliphatic carbocycles. The van der Waals surface area contributed by atoms with Gasteiger partial charge in [0.1, 0.15) is 17.3 Å². The van der Waals surface area contributed by atoms with Crippen molar-refractivity contribution >= 4 is 11.6 Å². The van der Waals surface area contributed by atoms with Crippen LogP contribution in [0.5, 0.6) is 0 Å². The van der Waals surface area contributed by atoms with E-state index in [9.17, 15) is 18.7 Å². The molecule has 1 N–H and O–H groups in total. The molecule has 2 aliphatic rings. The zero-order chi connectivity index (χ0) is 15.9. The third-order valence-corrected chi connectivity index (χ3v) is 4.56. The maximum atomic E-state index is 13.8. The van der Waals surface area contributed by atoms with Crippen molar-refractivity contribution in [3.8, 4) is 0 Å². The predicted octanol–water partition coefficient (Wildman–Crippen LogP) is 1.77. The normalized spacial score (nSPS) is 23.4. The SMILES string of the molecule is CN(CC(O)C1CC1)C1CCN(c2c(F)cccc2F)C1=O. The van der Waals surface area contributed by atoms with E-state index in [1.807, 2.05) is 0 Å². The molecule has 1 aromatic carbocycles. The summed E-state index contributed by atoms with van der Waals surface area (Å²) in [6, 6.07) is 3.15. The Morgan fingerprint density at radius 2 is 1.95 bits per heavy atom. The van der Waals surface area contributed by atoms with Gasteiger partial charge in [0.2, 0.25) is 5.91 Å². The van der Waals surface area contributed by atoms with Crippen molar-refractivity contribution in [1.82, 2.24) is 4.90 Å². The molecule has 1 heterocycles. The van der Waals surface area contributed by atoms with Crippen molar-refractivity contribution in [3.05, 3.63) is 29.8 Å². The lowest BCUT2D eigenvalue weighted by Crippen LogP contribution is -2.43. The maximum Gasteiger partial charge on any atom is 0.244 e. The molecule has 4 nitrogen and oxygen atoms in total. The zero-order valence-electron chi connectivity index (χ0n) is 12.5. The van der Waals surface area contributed by atoms with Crippen molar-refractivity contribution in [2.45, 2.75) is 31.4 Å². The van der Waals surface area contributed by atoms with E-state index < -0.39 is 23.8 Å². The third kappa shape index (κ3) is 2.85. The molecular weight excluding hydrogens is 290 g/mol. The van der Waals surface area contributed by atoms with Crippen molar-refractivity contribution in [2.75, 3.05) is 25.0 Å². The van der Waals surface area contributed by atoms with Gasteiger partial charge >= 0.3 is 0 Å². The van der Waals surface area contributed by atoms with Gasteiger partial charge in [-0.05, 0) is 44.4 Å². The lowest BCUT2D eigenvalue weighted by atomic mass is 10.1. The quantitative estimate of drug-likeness (QED) is 0.901. The standard InChI is InChI=1S/C16H20F2N2O2/c1-19(9-14(21)10-5-6-10)13-7-8-20(16(13)22)15-11(17)3-2-4-12(15)18/h2-4,10,13-14,21H,5-9H2,1H3. The van der Waals surface area contributed by atoms with Crippen LogP contribution in [0.2, 0.25) is 0 Å². The number of hydrogen-bond donors (Lipinski definition) is 1. The number of carbonyl (C=O) groups is 1. The van der Waals surface area contributed by atoms with E-state index in [0.717, 1.165) is 25.0 Å². The molecule has 0 bridgehead atoms. The minimum atomic E-state index is -0.727. The topological polar surface area (TPSA) is 43.8 Å². The summed E-state index contributed by atoms with van der Waals surface area (Å²) in [6.45, 7) is 0.694. The smallest absolute Gasteiger partial charge is 0.244 e. The van der Waals surface area contributed by atoms with E-state index in [1.54, 1.807) is 11.9 Å². The Bertz CT molecular complexity index is 557. The lowest BCUT2D eigenvalue weighted by Gasteiger charge is -2.26. The summed E-state index contributed by atoms with van der Waals surface area (Å²) in [5.41, 5.74) is -0.272. The molecule has 0 radical (unpaired) electrons. The fourth-order valence-electron chi connectivity index (χ4n) is 3.10. The summed E-state index contributed by atoms with van der Waals surface area (Å²) in [5, 5.41) is 9.99. The number of para-hydroxylation sites is 1. The van der Waals surface area contributed by atoms with Crippen molar-refractivity contribution < 1.29 is 18.7 Å². The fraction of sp³-hybridized carbons (Fsp3) is 0.562. The number of rotatable bonds is 5. The number of carbonyl (C=O) groups excluding carboxylic acids is 1. The van der Waals surface area contributed by atoms with Gasteiger partial charge in [-0.3, -0.25) is 9.69 Å². The summed E-state index contributed by atoms with van der Waals surface area (Å²) in [6.07, 6.45) is 2.12. The Labute approximate surface area is 128 Å². The maximum absolute atomic E-state index is 13.8. The van der Waals surface area contributed by atoms with Crippen LogP contribution in [-0.4, -0.2) is 48.2 Å². The van der Waals surface area contributed by atoms with Gasteiger partial charge in [0, 0.05) is 13.1 Å². The average molecular weight is 310 g/mol. The van der Waals surface area contributed by atoms with Crippen LogP contribution in [0.25, 0.3) is 0 Å². The summed E-state index contributed by atoms with van der Waals surface area (Å²) in [5.74, 6) is -1.43. The first kappa shape index (κ1) is 15.4. The Morgan fingerprint density at radius 1 is 1.32 bits per heavy atom. The number of nitrogens with zero attached hydrogens (tertiary/aromatic N) is 2. The average Bonchev–Trinajstić information content (AvgIpc) is 3.24. The molecular formula is C16H20F2N2O2. The van der Waals surface area contributed by atoms with Crippen LogP contribution in [0, 0.1) is 17.6 Å². The first-order valence-electron chi connectivity index (χ1n) is 7.62. The molecule has 120 valence electrons. The van der Waals surface area contributed by atoms with E-state index in [0.29, 0.717) is 18.9 Å². The highest BCUT2D eigenvalue weighted by molar-refractivity contribution is 5.99. The summed E-state index contributed by atoms with van der Waals surface area (Å²) < 4.78 is 27.7. The van der Waals surface area contributed by atoms with Gasteiger partial charge in [0.05, 0.1) is 12.1 Å². The summed E-state index contributed by atoms with van der Waals surface area (Å²) >= 11 is 0. The van der Waals surface area contributed by atoms with E-state index in [4.69, 9.17) is 0 Å². The molecule has 1 aromatic rings. The molecule has 2 unspecified atom stereocenters. The van der Waals surface area contributed by atoms with Gasteiger partial charge < -0.3 is 10.0 Å². The largest absolute Gasteiger partial charge is 0.392 e. The van der Waals surface area contributed by atoms with Gasteiger partial charge in [0.15, 0.2) is 0 Å². The third-order valence-electron chi connectivity index (χ3n) is 4.56. The molecule has 1 saturated heterocycles. The first-order valence-corrected chi connectivity index (χ1v) is 7.62. The second kappa shape index (κ2) is 5.93. The second-order valence-electron chi connectivity index (χ2n) is 6.21. The van der Waals surface area contributed by atoms with E-state index >= 15 is 0 Å². The van der Waals surface area contributed by atoms with Crippen LogP contribution >= 0.6 is 0 Å². The van der Waals surface area contributed by atoms with Crippen LogP contribution in [0.3, 0.4) is 0 Å². The Morgan fingerprint density at radius 3 is 2.55 bits per heavy atom. The van der Waals surface area contributed by atoms with Crippen LogP contribution in [0.1, 0.15) is 19.3 Å². The van der Waals surface area contributed by atoms with E-state index in [-0.39, 0.29) is 18.1 Å². The summed E-state index contributed by atoms with van der Waals surface area (Å²) in [7, 11) is 1.77. The molecule has 1 amide bonds. The highest BCUT2D eigenvalue weighted by atomic mass is 19.1. The number of aliphatic hydroxyl groups is 1. The van der Waals surface area contributed by atoms with Crippen LogP contribution in [-0.2, 0) is 4.79 Å². The van der Waals surface area contributed by atoms with E-state index in [1.165, 1.54) is 11.0 Å². The van der Waals surface area contributed by atoms with Gasteiger partial charge in [-0.1, -0.05) is 6.07 Å². The van der Waals surface area contributed by atoms with Crippen molar-refractivity contribution in [2.24, 2.45) is 5.92 Å². The Hall–Kier alpha value is -1.53. The van der Waals surface area contributed by atoms with Crippen LogP contribution in [0.15, 0.2) is 18.2 Å². The van der Waals surface area contributed by atoms with Gasteiger partial charge in [-0.15, -0.1) is 0 Å². The van der Waals surface area contributed by atoms with Crippen molar-refractivity contribution in [3.63, 3.8) is 0 Å². The van der Waals surface area contributed by atoms with Crippen LogP contribution in [0.4, 0.5) is 14.5 Å². The van der Waals surface area contributed by atoms with E-state index in [2.05, 4.69) is 0 Å².